The monoisotopic (exact) mass is 447 g/mol. The third-order valence-electron chi connectivity index (χ3n) is 5.70. The lowest BCUT2D eigenvalue weighted by molar-refractivity contribution is -0.128. The van der Waals surface area contributed by atoms with E-state index in [9.17, 15) is 23.1 Å². The van der Waals surface area contributed by atoms with E-state index in [1.165, 1.54) is 17.3 Å². The van der Waals surface area contributed by atoms with E-state index in [1.54, 1.807) is 41.8 Å². The van der Waals surface area contributed by atoms with Crippen LogP contribution in [-0.4, -0.2) is 88.8 Å². The summed E-state index contributed by atoms with van der Waals surface area (Å²) in [6.07, 6.45) is 2.01. The molecule has 0 atom stereocenters. The van der Waals surface area contributed by atoms with Crippen molar-refractivity contribution in [3.05, 3.63) is 42.0 Å². The van der Waals surface area contributed by atoms with Crippen LogP contribution in [0.25, 0.3) is 5.69 Å². The summed E-state index contributed by atoms with van der Waals surface area (Å²) in [6.45, 7) is 0.306. The maximum atomic E-state index is 13.4. The Morgan fingerprint density at radius 1 is 1.19 bits per heavy atom. The number of rotatable bonds is 3. The van der Waals surface area contributed by atoms with Gasteiger partial charge in [-0.3, -0.25) is 14.2 Å². The molecule has 2 aliphatic heterocycles. The van der Waals surface area contributed by atoms with Crippen molar-refractivity contribution in [2.24, 2.45) is 0 Å². The zero-order chi connectivity index (χ0) is 22.3. The topological polar surface area (TPSA) is 116 Å². The molecular formula is C20H25N5O5S. The lowest BCUT2D eigenvalue weighted by Crippen LogP contribution is -2.41. The molecule has 0 unspecified atom stereocenters. The van der Waals surface area contributed by atoms with E-state index < -0.39 is 16.1 Å². The smallest absolute Gasteiger partial charge is 0.274 e. The SMILES string of the molecule is CN(C)C(=O)CN1Cc2c(C(=O)N3CCC(O)CC3)ncn2-c2ccccc2S1(=O)=O. The second-order valence-corrected chi connectivity index (χ2v) is 9.87. The number of aliphatic hydroxyl groups excluding tert-OH is 1. The van der Waals surface area contributed by atoms with Crippen LogP contribution < -0.4 is 0 Å². The van der Waals surface area contributed by atoms with Gasteiger partial charge >= 0.3 is 0 Å². The zero-order valence-electron chi connectivity index (χ0n) is 17.4. The highest BCUT2D eigenvalue weighted by Crippen LogP contribution is 2.31. The highest BCUT2D eigenvalue weighted by molar-refractivity contribution is 7.89. The van der Waals surface area contributed by atoms with Gasteiger partial charge in [0.25, 0.3) is 5.91 Å². The van der Waals surface area contributed by atoms with Crippen molar-refractivity contribution in [2.45, 2.75) is 30.4 Å². The average molecular weight is 448 g/mol. The second kappa shape index (κ2) is 8.06. The summed E-state index contributed by atoms with van der Waals surface area (Å²) in [6, 6.07) is 6.48. The third-order valence-corrected chi connectivity index (χ3v) is 7.54. The summed E-state index contributed by atoms with van der Waals surface area (Å²) in [7, 11) is -0.860. The number of carbonyl (C=O) groups is 2. The fraction of sp³-hybridized carbons (Fsp3) is 0.450. The van der Waals surface area contributed by atoms with Crippen LogP contribution in [0, 0.1) is 0 Å². The highest BCUT2D eigenvalue weighted by atomic mass is 32.2. The Morgan fingerprint density at radius 3 is 2.55 bits per heavy atom. The van der Waals surface area contributed by atoms with Gasteiger partial charge in [0.15, 0.2) is 5.69 Å². The standard InChI is InChI=1S/C20H25N5O5S/c1-22(2)18(27)12-24-11-16-19(20(28)23-9-7-14(26)8-10-23)21-13-25(16)15-5-3-4-6-17(15)31(24,29)30/h3-6,13-14,26H,7-12H2,1-2H3. The van der Waals surface area contributed by atoms with Gasteiger partial charge in [-0.25, -0.2) is 13.4 Å². The number of para-hydroxylation sites is 1. The number of sulfonamides is 1. The third kappa shape index (κ3) is 3.84. The number of likely N-dealkylation sites (tertiary alicyclic amines) is 1. The van der Waals surface area contributed by atoms with E-state index in [4.69, 9.17) is 0 Å². The predicted molar refractivity (Wildman–Crippen MR) is 111 cm³/mol. The number of carbonyl (C=O) groups excluding carboxylic acids is 2. The molecule has 1 aromatic heterocycles. The molecule has 1 N–H and O–H groups in total. The molecule has 3 heterocycles. The van der Waals surface area contributed by atoms with Gasteiger partial charge < -0.3 is 14.9 Å². The van der Waals surface area contributed by atoms with Crippen LogP contribution in [0.1, 0.15) is 29.0 Å². The molecule has 4 rings (SSSR count). The molecule has 0 spiro atoms. The average Bonchev–Trinajstić information content (AvgIpc) is 3.13. The Morgan fingerprint density at radius 2 is 1.87 bits per heavy atom. The number of hydrogen-bond donors (Lipinski definition) is 1. The molecule has 0 radical (unpaired) electrons. The van der Waals surface area contributed by atoms with Gasteiger partial charge in [-0.2, -0.15) is 4.31 Å². The normalized spacial score (nSPS) is 18.7. The Labute approximate surface area is 180 Å². The number of aliphatic hydroxyl groups is 1. The van der Waals surface area contributed by atoms with Crippen LogP contribution in [0.15, 0.2) is 35.5 Å². The van der Waals surface area contributed by atoms with Crippen LogP contribution in [0.2, 0.25) is 0 Å². The number of aromatic nitrogens is 2. The summed E-state index contributed by atoms with van der Waals surface area (Å²) in [4.78, 5) is 32.9. The van der Waals surface area contributed by atoms with Crippen molar-refractivity contribution in [3.8, 4) is 5.69 Å². The fourth-order valence-electron chi connectivity index (χ4n) is 3.83. The molecule has 2 amide bonds. The minimum Gasteiger partial charge on any atom is -0.393 e. The molecule has 2 aliphatic rings. The largest absolute Gasteiger partial charge is 0.393 e. The van der Waals surface area contributed by atoms with Gasteiger partial charge in [-0.1, -0.05) is 12.1 Å². The van der Waals surface area contributed by atoms with Gasteiger partial charge in [0.05, 0.1) is 30.6 Å². The molecule has 0 bridgehead atoms. The van der Waals surface area contributed by atoms with Gasteiger partial charge in [-0.15, -0.1) is 0 Å². The zero-order valence-corrected chi connectivity index (χ0v) is 18.2. The van der Waals surface area contributed by atoms with Crippen molar-refractivity contribution in [1.29, 1.82) is 0 Å². The summed E-state index contributed by atoms with van der Waals surface area (Å²) < 4.78 is 29.4. The molecule has 1 saturated heterocycles. The number of hydrogen-bond acceptors (Lipinski definition) is 6. The number of nitrogens with zero attached hydrogens (tertiary/aromatic N) is 5. The minimum absolute atomic E-state index is 0.0535. The lowest BCUT2D eigenvalue weighted by Gasteiger charge is -2.29. The molecule has 1 aromatic carbocycles. The number of piperidine rings is 1. The first-order valence-corrected chi connectivity index (χ1v) is 11.5. The number of likely N-dealkylation sites (N-methyl/N-ethyl adjacent to an activating group) is 1. The van der Waals surface area contributed by atoms with E-state index in [-0.39, 0.29) is 35.5 Å². The number of amides is 2. The maximum Gasteiger partial charge on any atom is 0.274 e. The molecule has 1 fully saturated rings. The van der Waals surface area contributed by atoms with E-state index in [0.29, 0.717) is 37.3 Å². The first-order valence-electron chi connectivity index (χ1n) is 10.0. The van der Waals surface area contributed by atoms with Crippen molar-refractivity contribution >= 4 is 21.8 Å². The predicted octanol–water partition coefficient (Wildman–Crippen LogP) is 0.0617. The van der Waals surface area contributed by atoms with Gasteiger partial charge in [0.2, 0.25) is 15.9 Å². The Balaban J connectivity index is 1.79. The fourth-order valence-corrected chi connectivity index (χ4v) is 5.36. The van der Waals surface area contributed by atoms with Crippen LogP contribution in [0.4, 0.5) is 0 Å². The van der Waals surface area contributed by atoms with Crippen LogP contribution in [0.5, 0.6) is 0 Å². The number of fused-ring (bicyclic) bond motifs is 3. The summed E-state index contributed by atoms with van der Waals surface area (Å²) in [5.41, 5.74) is 0.958. The van der Waals surface area contributed by atoms with Crippen LogP contribution in [0.3, 0.4) is 0 Å². The van der Waals surface area contributed by atoms with E-state index in [1.807, 2.05) is 0 Å². The van der Waals surface area contributed by atoms with Crippen molar-refractivity contribution in [2.75, 3.05) is 33.7 Å². The molecule has 2 aromatic rings. The molecule has 10 nitrogen and oxygen atoms in total. The first-order chi connectivity index (χ1) is 14.7. The van der Waals surface area contributed by atoms with Crippen molar-refractivity contribution in [3.63, 3.8) is 0 Å². The van der Waals surface area contributed by atoms with Gasteiger partial charge in [0.1, 0.15) is 11.2 Å². The van der Waals surface area contributed by atoms with Gasteiger partial charge in [-0.05, 0) is 25.0 Å². The molecule has 31 heavy (non-hydrogen) atoms. The lowest BCUT2D eigenvalue weighted by atomic mass is 10.1. The second-order valence-electron chi connectivity index (χ2n) is 7.96. The van der Waals surface area contributed by atoms with E-state index in [2.05, 4.69) is 4.98 Å². The number of benzene rings is 1. The van der Waals surface area contributed by atoms with E-state index >= 15 is 0 Å². The quantitative estimate of drug-likeness (QED) is 0.712. The molecular weight excluding hydrogens is 422 g/mol. The molecule has 166 valence electrons. The Bertz CT molecular complexity index is 1120. The van der Waals surface area contributed by atoms with Crippen molar-refractivity contribution < 1.29 is 23.1 Å². The van der Waals surface area contributed by atoms with Gasteiger partial charge in [0, 0.05) is 27.2 Å². The minimum atomic E-state index is -3.98. The number of imidazole rings is 1. The summed E-state index contributed by atoms with van der Waals surface area (Å²) >= 11 is 0. The first kappa shape index (κ1) is 21.5. The van der Waals surface area contributed by atoms with Crippen LogP contribution in [-0.2, 0) is 21.4 Å². The Kier molecular flexibility index (Phi) is 5.58. The van der Waals surface area contributed by atoms with Crippen LogP contribution >= 0.6 is 0 Å². The molecule has 0 saturated carbocycles. The Hall–Kier alpha value is -2.76. The summed E-state index contributed by atoms with van der Waals surface area (Å²) in [5.74, 6) is -0.678. The molecule has 0 aliphatic carbocycles. The van der Waals surface area contributed by atoms with E-state index in [0.717, 1.165) is 4.31 Å². The summed E-state index contributed by atoms with van der Waals surface area (Å²) in [5, 5.41) is 9.73. The highest BCUT2D eigenvalue weighted by Gasteiger charge is 2.37. The van der Waals surface area contributed by atoms with Crippen molar-refractivity contribution in [1.82, 2.24) is 23.7 Å². The maximum absolute atomic E-state index is 13.4. The molecule has 11 heteroatoms.